The Morgan fingerprint density at radius 1 is 0.803 bits per heavy atom. The molecule has 1 fully saturated rings. The molecule has 4 atom stereocenters. The Kier molecular flexibility index (Phi) is 13.5. The lowest BCUT2D eigenvalue weighted by Crippen LogP contribution is -2.66. The molecule has 0 aromatic heterocycles. The number of imide groups is 1. The number of anilines is 3. The fourth-order valence-corrected chi connectivity index (χ4v) is 14.1. The number of carbonyl (C=O) groups is 2. The molecule has 1 saturated heterocycles. The number of phenols is 1. The number of aromatic hydroxyl groups is 1. The summed E-state index contributed by atoms with van der Waals surface area (Å²) in [5.74, 6) is -2.89. The van der Waals surface area contributed by atoms with E-state index in [1.807, 2.05) is 97.1 Å². The number of hydrogen-bond acceptors (Lipinski definition) is 7. The third kappa shape index (κ3) is 9.07. The average molecular weight is 835 g/mol. The van der Waals surface area contributed by atoms with Gasteiger partial charge in [0.15, 0.2) is 0 Å². The highest BCUT2D eigenvalue weighted by Crippen LogP contribution is 2.48. The van der Waals surface area contributed by atoms with Crippen LogP contribution in [-0.2, 0) is 14.0 Å². The lowest BCUT2D eigenvalue weighted by molar-refractivity contribution is -0.123. The Hall–Kier alpha value is -5.58. The maximum atomic E-state index is 14.6. The normalized spacial score (nSPS) is 19.0. The molecular formula is C52H58N2O6Si. The van der Waals surface area contributed by atoms with Gasteiger partial charge < -0.3 is 25.1 Å². The fourth-order valence-electron chi connectivity index (χ4n) is 9.58. The van der Waals surface area contributed by atoms with Crippen molar-refractivity contribution in [2.24, 2.45) is 17.8 Å². The SMILES string of the molecule is CCC/C(=C\c1ccccc1O)CC[C@@H](O)C1=C(CO[Si](c2ccccc2)(c2ccccc2)C(C)(C)C)C[C@H]2C(=O)N(c3ccc(Nc4ccccc4)cc3)C(=O)[C@H]2[C@H]1CO. The first-order chi connectivity index (χ1) is 29.5. The van der Waals surface area contributed by atoms with E-state index in [1.54, 1.807) is 24.3 Å². The summed E-state index contributed by atoms with van der Waals surface area (Å²) < 4.78 is 7.45. The topological polar surface area (TPSA) is 119 Å². The van der Waals surface area contributed by atoms with Crippen molar-refractivity contribution in [3.05, 3.63) is 162 Å². The molecule has 61 heavy (non-hydrogen) atoms. The van der Waals surface area contributed by atoms with Gasteiger partial charge in [0.1, 0.15) is 5.75 Å². The van der Waals surface area contributed by atoms with Gasteiger partial charge in [-0.05, 0) is 94.7 Å². The largest absolute Gasteiger partial charge is 0.507 e. The number of amides is 2. The van der Waals surface area contributed by atoms with Gasteiger partial charge in [0.2, 0.25) is 11.8 Å². The van der Waals surface area contributed by atoms with Crippen molar-refractivity contribution in [3.8, 4) is 5.75 Å². The van der Waals surface area contributed by atoms with Crippen molar-refractivity contribution in [2.45, 2.75) is 70.9 Å². The number of nitrogens with one attached hydrogen (secondary N) is 1. The second-order valence-corrected chi connectivity index (χ2v) is 21.7. The Morgan fingerprint density at radius 2 is 1.38 bits per heavy atom. The Bertz CT molecular complexity index is 2300. The molecule has 2 aliphatic rings. The van der Waals surface area contributed by atoms with Gasteiger partial charge in [-0.25, -0.2) is 0 Å². The van der Waals surface area contributed by atoms with Crippen LogP contribution >= 0.6 is 0 Å². The molecule has 0 unspecified atom stereocenters. The van der Waals surface area contributed by atoms with Crippen LogP contribution in [0.1, 0.15) is 65.4 Å². The molecule has 5 aromatic carbocycles. The number of allylic oxidation sites excluding steroid dienone is 1. The van der Waals surface area contributed by atoms with Crippen molar-refractivity contribution >= 4 is 53.6 Å². The van der Waals surface area contributed by atoms with Crippen molar-refractivity contribution in [3.63, 3.8) is 0 Å². The summed E-state index contributed by atoms with van der Waals surface area (Å²) in [4.78, 5) is 30.4. The van der Waals surface area contributed by atoms with Crippen LogP contribution in [0.25, 0.3) is 6.08 Å². The highest BCUT2D eigenvalue weighted by Gasteiger charge is 2.56. The summed E-state index contributed by atoms with van der Waals surface area (Å²) in [6.45, 7) is 8.43. The van der Waals surface area contributed by atoms with Crippen LogP contribution in [0.2, 0.25) is 5.04 Å². The molecule has 5 aromatic rings. The third-order valence-corrected chi connectivity index (χ3v) is 17.4. The molecule has 316 valence electrons. The molecule has 1 aliphatic carbocycles. The van der Waals surface area contributed by atoms with Crippen molar-refractivity contribution in [1.82, 2.24) is 0 Å². The van der Waals surface area contributed by atoms with Gasteiger partial charge in [-0.3, -0.25) is 14.5 Å². The van der Waals surface area contributed by atoms with Crippen LogP contribution in [-0.4, -0.2) is 54.8 Å². The van der Waals surface area contributed by atoms with Gasteiger partial charge in [0.25, 0.3) is 8.32 Å². The smallest absolute Gasteiger partial charge is 0.261 e. The van der Waals surface area contributed by atoms with Gasteiger partial charge in [0.05, 0.1) is 36.8 Å². The number of aliphatic hydroxyl groups is 2. The molecule has 0 spiro atoms. The third-order valence-electron chi connectivity index (χ3n) is 12.4. The number of benzene rings is 5. The number of nitrogens with zero attached hydrogens (tertiary/aromatic N) is 1. The summed E-state index contributed by atoms with van der Waals surface area (Å²) in [7, 11) is -3.07. The van der Waals surface area contributed by atoms with E-state index in [0.717, 1.165) is 45.7 Å². The summed E-state index contributed by atoms with van der Waals surface area (Å²) in [6.07, 6.45) is 3.70. The Labute approximate surface area is 361 Å². The van der Waals surface area contributed by atoms with E-state index in [-0.39, 0.29) is 35.6 Å². The molecule has 0 radical (unpaired) electrons. The Morgan fingerprint density at radius 3 is 1.95 bits per heavy atom. The molecule has 2 amide bonds. The monoisotopic (exact) mass is 834 g/mol. The molecule has 4 N–H and O–H groups in total. The number of para-hydroxylation sites is 2. The molecular weight excluding hydrogens is 777 g/mol. The van der Waals surface area contributed by atoms with Gasteiger partial charge in [-0.1, -0.05) is 143 Å². The molecule has 1 heterocycles. The van der Waals surface area contributed by atoms with E-state index in [2.05, 4.69) is 57.3 Å². The van der Waals surface area contributed by atoms with Crippen LogP contribution in [0.4, 0.5) is 17.1 Å². The van der Waals surface area contributed by atoms with Crippen molar-refractivity contribution in [1.29, 1.82) is 0 Å². The minimum atomic E-state index is -3.07. The second-order valence-electron chi connectivity index (χ2n) is 17.4. The van der Waals surface area contributed by atoms with Crippen LogP contribution in [0, 0.1) is 17.8 Å². The number of aliphatic hydroxyl groups excluding tert-OH is 2. The van der Waals surface area contributed by atoms with Gasteiger partial charge in [-0.15, -0.1) is 0 Å². The van der Waals surface area contributed by atoms with E-state index in [9.17, 15) is 24.9 Å². The first-order valence-electron chi connectivity index (χ1n) is 21.5. The molecule has 0 bridgehead atoms. The van der Waals surface area contributed by atoms with E-state index >= 15 is 0 Å². The standard InChI is InChI=1S/C52H58N2O6Si/c1-5-17-36(32-37-18-15-16-25-46(37)56)26-31-47(57)48-38(35-60-61(52(2,3)4,42-21-11-7-12-22-42)43-23-13-8-14-24-43)33-44-49(45(48)34-55)51(59)54(50(44)58)41-29-27-40(28-30-41)53-39-19-9-6-10-20-39/h6-16,18-25,27-30,32,44-45,47,49,53,55-57H,5,17,26,31,33-35H2,1-4H3/b36-32+/t44-,45+,47-,49-/m1/s1. The zero-order chi connectivity index (χ0) is 43.1. The van der Waals surface area contributed by atoms with E-state index in [1.165, 1.54) is 4.90 Å². The number of fused-ring (bicyclic) bond motifs is 1. The van der Waals surface area contributed by atoms with Crippen LogP contribution in [0.3, 0.4) is 0 Å². The van der Waals surface area contributed by atoms with Gasteiger partial charge >= 0.3 is 0 Å². The molecule has 1 aliphatic heterocycles. The summed E-state index contributed by atoms with van der Waals surface area (Å²) in [6, 6.07) is 44.9. The average Bonchev–Trinajstić information content (AvgIpc) is 3.52. The Balaban J connectivity index is 1.26. The number of carbonyl (C=O) groups excluding carboxylic acids is 2. The molecule has 7 rings (SSSR count). The first-order valence-corrected chi connectivity index (χ1v) is 23.4. The van der Waals surface area contributed by atoms with Crippen LogP contribution in [0.15, 0.2) is 156 Å². The quantitative estimate of drug-likeness (QED) is 0.0445. The van der Waals surface area contributed by atoms with Gasteiger partial charge in [-0.2, -0.15) is 0 Å². The summed E-state index contributed by atoms with van der Waals surface area (Å²) >= 11 is 0. The summed E-state index contributed by atoms with van der Waals surface area (Å²) in [5, 5.41) is 39.5. The maximum Gasteiger partial charge on any atom is 0.261 e. The van der Waals surface area contributed by atoms with Crippen LogP contribution in [0.5, 0.6) is 5.75 Å². The molecule has 8 nitrogen and oxygen atoms in total. The fraction of sp³-hybridized carbons (Fsp3) is 0.308. The lowest BCUT2D eigenvalue weighted by Gasteiger charge is -2.44. The molecule has 9 heteroatoms. The predicted molar refractivity (Wildman–Crippen MR) is 248 cm³/mol. The van der Waals surface area contributed by atoms with E-state index < -0.39 is 38.8 Å². The highest BCUT2D eigenvalue weighted by molar-refractivity contribution is 6.99. The second kappa shape index (κ2) is 19.0. The van der Waals surface area contributed by atoms with Crippen LogP contribution < -0.4 is 20.6 Å². The van der Waals surface area contributed by atoms with Crippen molar-refractivity contribution in [2.75, 3.05) is 23.4 Å². The zero-order valence-corrected chi connectivity index (χ0v) is 36.6. The van der Waals surface area contributed by atoms with Crippen molar-refractivity contribution < 1.29 is 29.3 Å². The maximum absolute atomic E-state index is 14.6. The first kappa shape index (κ1) is 43.5. The minimum absolute atomic E-state index is 0.121. The number of phenolic OH excluding ortho intramolecular Hbond substituents is 1. The minimum Gasteiger partial charge on any atom is -0.507 e. The molecule has 0 saturated carbocycles. The van der Waals surface area contributed by atoms with E-state index in [0.29, 0.717) is 29.7 Å². The highest BCUT2D eigenvalue weighted by atomic mass is 28.4. The summed E-state index contributed by atoms with van der Waals surface area (Å²) in [5.41, 5.74) is 5.33. The number of hydrogen-bond donors (Lipinski definition) is 4. The lowest BCUT2D eigenvalue weighted by atomic mass is 9.68. The zero-order valence-electron chi connectivity index (χ0n) is 35.6. The predicted octanol–water partition coefficient (Wildman–Crippen LogP) is 9.15. The number of rotatable bonds is 16. The van der Waals surface area contributed by atoms with Gasteiger partial charge in [0, 0.05) is 22.9 Å². The van der Waals surface area contributed by atoms with E-state index in [4.69, 9.17) is 4.43 Å².